The van der Waals surface area contributed by atoms with Crippen molar-refractivity contribution >= 4 is 0 Å². The van der Waals surface area contributed by atoms with E-state index in [0.717, 1.165) is 0 Å². The SMILES string of the molecule is C#CCNC(C)c1ccc2c(c1)CCC2. The number of hydrogen-bond donors (Lipinski definition) is 1. The molecule has 1 unspecified atom stereocenters. The molecule has 1 atom stereocenters. The number of terminal acetylenes is 1. The molecule has 0 saturated heterocycles. The zero-order chi connectivity index (χ0) is 10.7. The molecule has 0 aliphatic heterocycles. The maximum atomic E-state index is 5.23. The first-order valence-electron chi connectivity index (χ1n) is 5.60. The number of aryl methyl sites for hydroxylation is 2. The lowest BCUT2D eigenvalue weighted by Crippen LogP contribution is -2.18. The molecule has 1 aliphatic rings. The minimum atomic E-state index is 0.354. The molecule has 1 nitrogen and oxygen atoms in total. The maximum absolute atomic E-state index is 5.23. The van der Waals surface area contributed by atoms with Crippen LogP contribution in [0.5, 0.6) is 0 Å². The lowest BCUT2D eigenvalue weighted by molar-refractivity contribution is 0.623. The summed E-state index contributed by atoms with van der Waals surface area (Å²) in [5.41, 5.74) is 4.41. The number of hydrogen-bond acceptors (Lipinski definition) is 1. The van der Waals surface area contributed by atoms with Crippen molar-refractivity contribution in [3.63, 3.8) is 0 Å². The number of nitrogens with one attached hydrogen (secondary N) is 1. The van der Waals surface area contributed by atoms with Gasteiger partial charge in [-0.25, -0.2) is 0 Å². The normalized spacial score (nSPS) is 15.7. The van der Waals surface area contributed by atoms with Crippen molar-refractivity contribution in [2.45, 2.75) is 32.2 Å². The van der Waals surface area contributed by atoms with Gasteiger partial charge in [0.15, 0.2) is 0 Å². The van der Waals surface area contributed by atoms with E-state index in [9.17, 15) is 0 Å². The molecule has 1 aromatic carbocycles. The Kier molecular flexibility index (Phi) is 3.08. The van der Waals surface area contributed by atoms with E-state index in [0.29, 0.717) is 12.6 Å². The van der Waals surface area contributed by atoms with Crippen LogP contribution in [0.1, 0.15) is 36.1 Å². The van der Waals surface area contributed by atoms with E-state index >= 15 is 0 Å². The van der Waals surface area contributed by atoms with Gasteiger partial charge in [0.25, 0.3) is 0 Å². The summed E-state index contributed by atoms with van der Waals surface area (Å²) in [5.74, 6) is 2.61. The van der Waals surface area contributed by atoms with E-state index in [1.54, 1.807) is 0 Å². The van der Waals surface area contributed by atoms with Crippen LogP contribution in [0.4, 0.5) is 0 Å². The molecule has 0 saturated carbocycles. The van der Waals surface area contributed by atoms with E-state index in [1.165, 1.54) is 36.0 Å². The van der Waals surface area contributed by atoms with Gasteiger partial charge < -0.3 is 0 Å². The van der Waals surface area contributed by atoms with Crippen molar-refractivity contribution in [1.82, 2.24) is 5.32 Å². The lowest BCUT2D eigenvalue weighted by Gasteiger charge is -2.13. The highest BCUT2D eigenvalue weighted by Crippen LogP contribution is 2.25. The summed E-state index contributed by atoms with van der Waals surface area (Å²) in [5, 5.41) is 3.30. The highest BCUT2D eigenvalue weighted by Gasteiger charge is 2.12. The molecule has 0 spiro atoms. The molecule has 1 aliphatic carbocycles. The molecule has 0 radical (unpaired) electrons. The molecule has 0 aromatic heterocycles. The molecule has 0 heterocycles. The van der Waals surface area contributed by atoms with Gasteiger partial charge in [-0.05, 0) is 42.9 Å². The first-order valence-corrected chi connectivity index (χ1v) is 5.60. The van der Waals surface area contributed by atoms with Crippen LogP contribution in [0.25, 0.3) is 0 Å². The zero-order valence-corrected chi connectivity index (χ0v) is 9.22. The fraction of sp³-hybridized carbons (Fsp3) is 0.429. The average Bonchev–Trinajstić information content (AvgIpc) is 2.72. The molecule has 0 fully saturated rings. The van der Waals surface area contributed by atoms with E-state index in [2.05, 4.69) is 36.4 Å². The van der Waals surface area contributed by atoms with Crippen LogP contribution in [0, 0.1) is 12.3 Å². The van der Waals surface area contributed by atoms with Crippen LogP contribution in [0.2, 0.25) is 0 Å². The van der Waals surface area contributed by atoms with Gasteiger partial charge in [-0.3, -0.25) is 5.32 Å². The minimum Gasteiger partial charge on any atom is -0.300 e. The predicted octanol–water partition coefficient (Wildman–Crippen LogP) is 2.46. The quantitative estimate of drug-likeness (QED) is 0.737. The molecule has 1 heteroatoms. The second-order valence-corrected chi connectivity index (χ2v) is 4.19. The summed E-state index contributed by atoms with van der Waals surface area (Å²) < 4.78 is 0. The predicted molar refractivity (Wildman–Crippen MR) is 63.7 cm³/mol. The summed E-state index contributed by atoms with van der Waals surface area (Å²) in [6.07, 6.45) is 9.04. The molecule has 2 rings (SSSR count). The monoisotopic (exact) mass is 199 g/mol. The topological polar surface area (TPSA) is 12.0 Å². The summed E-state index contributed by atoms with van der Waals surface area (Å²) in [6.45, 7) is 2.80. The second kappa shape index (κ2) is 4.51. The van der Waals surface area contributed by atoms with Crippen molar-refractivity contribution in [1.29, 1.82) is 0 Å². The van der Waals surface area contributed by atoms with E-state index < -0.39 is 0 Å². The first-order chi connectivity index (χ1) is 7.31. The zero-order valence-electron chi connectivity index (χ0n) is 9.22. The van der Waals surface area contributed by atoms with E-state index in [-0.39, 0.29) is 0 Å². The number of fused-ring (bicyclic) bond motifs is 1. The Morgan fingerprint density at radius 2 is 2.20 bits per heavy atom. The van der Waals surface area contributed by atoms with Crippen LogP contribution in [0.3, 0.4) is 0 Å². The third-order valence-electron chi connectivity index (χ3n) is 3.13. The summed E-state index contributed by atoms with van der Waals surface area (Å²) in [6, 6.07) is 7.17. The van der Waals surface area contributed by atoms with Gasteiger partial charge in [-0.2, -0.15) is 0 Å². The summed E-state index contributed by atoms with van der Waals surface area (Å²) in [7, 11) is 0. The lowest BCUT2D eigenvalue weighted by atomic mass is 10.0. The molecule has 1 N–H and O–H groups in total. The molecule has 78 valence electrons. The van der Waals surface area contributed by atoms with E-state index in [4.69, 9.17) is 6.42 Å². The van der Waals surface area contributed by atoms with Crippen LogP contribution in [-0.2, 0) is 12.8 Å². The number of rotatable bonds is 3. The third kappa shape index (κ3) is 2.22. The van der Waals surface area contributed by atoms with Crippen molar-refractivity contribution < 1.29 is 0 Å². The van der Waals surface area contributed by atoms with Gasteiger partial charge >= 0.3 is 0 Å². The van der Waals surface area contributed by atoms with Crippen molar-refractivity contribution in [3.8, 4) is 12.3 Å². The summed E-state index contributed by atoms with van der Waals surface area (Å²) in [4.78, 5) is 0. The van der Waals surface area contributed by atoms with Gasteiger partial charge in [0.2, 0.25) is 0 Å². The van der Waals surface area contributed by atoms with E-state index in [1.807, 2.05) is 0 Å². The first kappa shape index (κ1) is 10.3. The van der Waals surface area contributed by atoms with Crippen molar-refractivity contribution in [2.24, 2.45) is 0 Å². The smallest absolute Gasteiger partial charge is 0.0578 e. The molecule has 1 aromatic rings. The molecular weight excluding hydrogens is 182 g/mol. The van der Waals surface area contributed by atoms with Gasteiger partial charge in [-0.15, -0.1) is 6.42 Å². The van der Waals surface area contributed by atoms with Crippen molar-refractivity contribution in [3.05, 3.63) is 34.9 Å². The standard InChI is InChI=1S/C14H17N/c1-3-9-15-11(2)13-8-7-12-5-4-6-14(12)10-13/h1,7-8,10-11,15H,4-6,9H2,2H3. The highest BCUT2D eigenvalue weighted by molar-refractivity contribution is 5.36. The van der Waals surface area contributed by atoms with Gasteiger partial charge in [-0.1, -0.05) is 24.1 Å². The Bertz CT molecular complexity index is 387. The summed E-state index contributed by atoms with van der Waals surface area (Å²) >= 11 is 0. The largest absolute Gasteiger partial charge is 0.300 e. The number of benzene rings is 1. The van der Waals surface area contributed by atoms with Crippen LogP contribution >= 0.6 is 0 Å². The molecular formula is C14H17N. The minimum absolute atomic E-state index is 0.354. The van der Waals surface area contributed by atoms with Crippen LogP contribution in [-0.4, -0.2) is 6.54 Å². The highest BCUT2D eigenvalue weighted by atomic mass is 14.9. The molecule has 0 amide bonds. The maximum Gasteiger partial charge on any atom is 0.0578 e. The molecule has 0 bridgehead atoms. The Labute approximate surface area is 91.9 Å². The van der Waals surface area contributed by atoms with Crippen LogP contribution in [0.15, 0.2) is 18.2 Å². The van der Waals surface area contributed by atoms with Gasteiger partial charge in [0.1, 0.15) is 0 Å². The van der Waals surface area contributed by atoms with Gasteiger partial charge in [0.05, 0.1) is 6.54 Å². The third-order valence-corrected chi connectivity index (χ3v) is 3.13. The second-order valence-electron chi connectivity index (χ2n) is 4.19. The van der Waals surface area contributed by atoms with Crippen LogP contribution < -0.4 is 5.32 Å². The Hall–Kier alpha value is -1.26. The Balaban J connectivity index is 2.12. The van der Waals surface area contributed by atoms with Crippen molar-refractivity contribution in [2.75, 3.05) is 6.54 Å². The average molecular weight is 199 g/mol. The van der Waals surface area contributed by atoms with Gasteiger partial charge in [0, 0.05) is 6.04 Å². The fourth-order valence-electron chi connectivity index (χ4n) is 2.19. The Morgan fingerprint density at radius 3 is 3.00 bits per heavy atom. The molecule has 15 heavy (non-hydrogen) atoms. The Morgan fingerprint density at radius 1 is 1.40 bits per heavy atom. The fourth-order valence-corrected chi connectivity index (χ4v) is 2.19.